The molecule has 0 aromatic carbocycles. The van der Waals surface area contributed by atoms with Gasteiger partial charge in [-0.05, 0) is 29.5 Å². The normalized spacial score (nSPS) is 16.1. The molecule has 170 valence electrons. The number of ether oxygens (including phenoxy) is 1. The fourth-order valence-corrected chi connectivity index (χ4v) is 9.78. The maximum Gasteiger partial charge on any atom is 0.330 e. The number of ketones is 1. The van der Waals surface area contributed by atoms with Gasteiger partial charge in [0.15, 0.2) is 5.78 Å². The van der Waals surface area contributed by atoms with Crippen molar-refractivity contribution in [2.75, 3.05) is 6.61 Å². The van der Waals surface area contributed by atoms with Crippen LogP contribution in [-0.4, -0.2) is 44.0 Å². The van der Waals surface area contributed by atoms with Crippen molar-refractivity contribution < 1.29 is 23.9 Å². The van der Waals surface area contributed by atoms with Crippen molar-refractivity contribution in [3.63, 3.8) is 0 Å². The fraction of sp³-hybridized carbons (Fsp3) is 0.826. The second-order valence-electron chi connectivity index (χ2n) is 9.31. The molecule has 3 atom stereocenters. The molecule has 0 rings (SSSR count). The maximum atomic E-state index is 13.2. The second-order valence-corrected chi connectivity index (χ2v) is 14.7. The first-order chi connectivity index (χ1) is 13.3. The zero-order valence-electron chi connectivity index (χ0n) is 20.2. The first kappa shape index (κ1) is 28.0. The average molecular weight is 429 g/mol. The average Bonchev–Trinajstić information content (AvgIpc) is 2.59. The van der Waals surface area contributed by atoms with E-state index in [-0.39, 0.29) is 24.0 Å². The summed E-state index contributed by atoms with van der Waals surface area (Å²) in [5.74, 6) is -0.833. The Hall–Kier alpha value is -0.983. The molecule has 0 aromatic rings. The molecular weight excluding hydrogens is 384 g/mol. The molecule has 0 spiro atoms. The predicted molar refractivity (Wildman–Crippen MR) is 121 cm³/mol. The molecule has 29 heavy (non-hydrogen) atoms. The van der Waals surface area contributed by atoms with Crippen LogP contribution in [0.3, 0.4) is 0 Å². The molecule has 0 saturated carbocycles. The highest BCUT2D eigenvalue weighted by Gasteiger charge is 2.48. The van der Waals surface area contributed by atoms with Crippen molar-refractivity contribution in [3.05, 3.63) is 12.2 Å². The predicted octanol–water partition coefficient (Wildman–Crippen LogP) is 5.28. The first-order valence-electron chi connectivity index (χ1n) is 11.0. The molecule has 0 unspecified atom stereocenters. The molecule has 0 aliphatic rings. The number of aliphatic hydroxyl groups is 1. The van der Waals surface area contributed by atoms with Gasteiger partial charge in [-0.3, -0.25) is 4.79 Å². The van der Waals surface area contributed by atoms with E-state index < -0.39 is 26.5 Å². The quantitative estimate of drug-likeness (QED) is 0.245. The number of carbonyl (C=O) groups is 2. The third-order valence-corrected chi connectivity index (χ3v) is 11.9. The van der Waals surface area contributed by atoms with Gasteiger partial charge in [-0.2, -0.15) is 0 Å². The van der Waals surface area contributed by atoms with Crippen LogP contribution >= 0.6 is 0 Å². The van der Waals surface area contributed by atoms with Gasteiger partial charge in [0.1, 0.15) is 6.10 Å². The number of hydrogen-bond donors (Lipinski definition) is 1. The van der Waals surface area contributed by atoms with E-state index in [2.05, 4.69) is 41.5 Å². The standard InChI is InChI=1S/C23H44O5Si/c1-11-27-22(26)13-12-19(10)23(21(25)14-20(24)15(2)3)28-29(16(4)5,17(6)7)18(8)9/h12-13,15-20,23-24H,11,14H2,1-10H3/b13-12+/t19-,20-,23-/m1/s1. The first-order valence-corrected chi connectivity index (χ1v) is 13.2. The Balaban J connectivity index is 5.94. The van der Waals surface area contributed by atoms with E-state index in [1.165, 1.54) is 6.08 Å². The van der Waals surface area contributed by atoms with E-state index in [1.54, 1.807) is 13.0 Å². The Kier molecular flexibility index (Phi) is 12.2. The van der Waals surface area contributed by atoms with Crippen LogP contribution in [0, 0.1) is 11.8 Å². The molecule has 0 radical (unpaired) electrons. The van der Waals surface area contributed by atoms with Gasteiger partial charge in [-0.25, -0.2) is 4.79 Å². The van der Waals surface area contributed by atoms with Crippen LogP contribution in [-0.2, 0) is 18.8 Å². The summed E-state index contributed by atoms with van der Waals surface area (Å²) in [6.07, 6.45) is 1.73. The fourth-order valence-electron chi connectivity index (χ4n) is 4.17. The van der Waals surface area contributed by atoms with Crippen LogP contribution in [0.5, 0.6) is 0 Å². The molecule has 0 fully saturated rings. The zero-order valence-corrected chi connectivity index (χ0v) is 21.2. The highest BCUT2D eigenvalue weighted by molar-refractivity contribution is 6.77. The minimum atomic E-state index is -2.32. The van der Waals surface area contributed by atoms with Crippen LogP contribution in [0.1, 0.15) is 75.7 Å². The van der Waals surface area contributed by atoms with E-state index in [9.17, 15) is 14.7 Å². The van der Waals surface area contributed by atoms with Gasteiger partial charge in [0.25, 0.3) is 0 Å². The summed E-state index contributed by atoms with van der Waals surface area (Å²) < 4.78 is 11.8. The number of aliphatic hydroxyl groups excluding tert-OH is 1. The van der Waals surface area contributed by atoms with E-state index >= 15 is 0 Å². The van der Waals surface area contributed by atoms with E-state index in [0.29, 0.717) is 23.2 Å². The van der Waals surface area contributed by atoms with Crippen molar-refractivity contribution >= 4 is 20.1 Å². The van der Waals surface area contributed by atoms with Crippen LogP contribution < -0.4 is 0 Å². The molecule has 0 heterocycles. The number of rotatable bonds is 13. The Morgan fingerprint density at radius 1 is 0.931 bits per heavy atom. The van der Waals surface area contributed by atoms with Gasteiger partial charge < -0.3 is 14.3 Å². The largest absolute Gasteiger partial charge is 0.463 e. The topological polar surface area (TPSA) is 72.8 Å². The molecule has 0 saturated heterocycles. The number of esters is 1. The second kappa shape index (κ2) is 12.7. The van der Waals surface area contributed by atoms with Gasteiger partial charge in [0.2, 0.25) is 8.32 Å². The van der Waals surface area contributed by atoms with Crippen molar-refractivity contribution in [2.24, 2.45) is 11.8 Å². The lowest BCUT2D eigenvalue weighted by molar-refractivity contribution is -0.137. The molecule has 0 aliphatic heterocycles. The minimum Gasteiger partial charge on any atom is -0.463 e. The number of carbonyl (C=O) groups excluding carboxylic acids is 2. The Bertz CT molecular complexity index is 518. The summed E-state index contributed by atoms with van der Waals surface area (Å²) in [6, 6.07) is 0. The molecule has 0 bridgehead atoms. The molecule has 0 aromatic heterocycles. The van der Waals surface area contributed by atoms with E-state index in [0.717, 1.165) is 0 Å². The molecular formula is C23H44O5Si. The summed E-state index contributed by atoms with van der Waals surface area (Å²) in [5, 5.41) is 10.3. The van der Waals surface area contributed by atoms with Crippen LogP contribution in [0.2, 0.25) is 16.6 Å². The Labute approximate surface area is 179 Å². The van der Waals surface area contributed by atoms with Crippen molar-refractivity contribution in [1.29, 1.82) is 0 Å². The zero-order chi connectivity index (χ0) is 22.9. The summed E-state index contributed by atoms with van der Waals surface area (Å²) in [6.45, 7) is 20.8. The molecule has 0 amide bonds. The highest BCUT2D eigenvalue weighted by Crippen LogP contribution is 2.44. The number of hydrogen-bond acceptors (Lipinski definition) is 5. The van der Waals surface area contributed by atoms with Crippen molar-refractivity contribution in [3.8, 4) is 0 Å². The molecule has 1 N–H and O–H groups in total. The number of Topliss-reactive ketones (excluding diaryl/α,β-unsaturated/α-hetero) is 1. The van der Waals surface area contributed by atoms with Crippen LogP contribution in [0.25, 0.3) is 0 Å². The van der Waals surface area contributed by atoms with E-state index in [4.69, 9.17) is 9.16 Å². The summed E-state index contributed by atoms with van der Waals surface area (Å²) in [4.78, 5) is 25.0. The van der Waals surface area contributed by atoms with Gasteiger partial charge >= 0.3 is 5.97 Å². The maximum absolute atomic E-state index is 13.2. The van der Waals surface area contributed by atoms with Crippen LogP contribution in [0.4, 0.5) is 0 Å². The van der Waals surface area contributed by atoms with Gasteiger partial charge in [-0.15, -0.1) is 0 Å². The highest BCUT2D eigenvalue weighted by atomic mass is 28.4. The lowest BCUT2D eigenvalue weighted by atomic mass is 9.94. The monoisotopic (exact) mass is 428 g/mol. The lowest BCUT2D eigenvalue weighted by Crippen LogP contribution is -2.53. The molecule has 0 aliphatic carbocycles. The van der Waals surface area contributed by atoms with Gasteiger partial charge in [-0.1, -0.05) is 68.4 Å². The lowest BCUT2D eigenvalue weighted by Gasteiger charge is -2.45. The third-order valence-electron chi connectivity index (χ3n) is 5.84. The summed E-state index contributed by atoms with van der Waals surface area (Å²) in [7, 11) is -2.32. The van der Waals surface area contributed by atoms with Crippen molar-refractivity contribution in [2.45, 2.75) is 104 Å². The molecule has 5 nitrogen and oxygen atoms in total. The Morgan fingerprint density at radius 3 is 1.79 bits per heavy atom. The minimum absolute atomic E-state index is 0.00715. The van der Waals surface area contributed by atoms with Crippen LogP contribution in [0.15, 0.2) is 12.2 Å². The Morgan fingerprint density at radius 2 is 1.41 bits per heavy atom. The third kappa shape index (κ3) is 7.98. The smallest absolute Gasteiger partial charge is 0.330 e. The molecule has 6 heteroatoms. The SMILES string of the molecule is CCOC(=O)/C=C/[C@@H](C)[C@@H](O[Si](C(C)C)(C(C)C)C(C)C)C(=O)C[C@@H](O)C(C)C. The summed E-state index contributed by atoms with van der Waals surface area (Å²) in [5.41, 5.74) is 0.983. The summed E-state index contributed by atoms with van der Waals surface area (Å²) >= 11 is 0. The van der Waals surface area contributed by atoms with Crippen molar-refractivity contribution in [1.82, 2.24) is 0 Å². The van der Waals surface area contributed by atoms with Gasteiger partial charge in [0.05, 0.1) is 12.7 Å². The van der Waals surface area contributed by atoms with Gasteiger partial charge in [0, 0.05) is 18.4 Å². The van der Waals surface area contributed by atoms with E-state index in [1.807, 2.05) is 20.8 Å².